The van der Waals surface area contributed by atoms with E-state index in [9.17, 15) is 14.9 Å². The number of nitrogens with zero attached hydrogens (tertiary/aromatic N) is 2. The Morgan fingerprint density at radius 3 is 2.80 bits per heavy atom. The fourth-order valence-corrected chi connectivity index (χ4v) is 1.61. The third kappa shape index (κ3) is 2.57. The molecule has 0 radical (unpaired) electrons. The Labute approximate surface area is 112 Å². The number of nitrogens with two attached hydrogens (primary N) is 1. The lowest BCUT2D eigenvalue weighted by Gasteiger charge is -2.08. The van der Waals surface area contributed by atoms with Gasteiger partial charge in [-0.05, 0) is 13.0 Å². The molecule has 2 rings (SSSR count). The second-order valence-electron chi connectivity index (χ2n) is 3.85. The van der Waals surface area contributed by atoms with Crippen LogP contribution in [0.25, 0.3) is 0 Å². The lowest BCUT2D eigenvalue weighted by atomic mass is 10.1. The van der Waals surface area contributed by atoms with E-state index in [1.165, 1.54) is 24.5 Å². The number of aryl methyl sites for hydroxylation is 1. The van der Waals surface area contributed by atoms with Gasteiger partial charge in [0.25, 0.3) is 11.6 Å². The standard InChI is InChI=1S/C11H11N5O4/c1-6-5-20-11(13-6)14-10(17)7-3-2-4-8(16(18)19)9(7)15-12/h2-5,15H,12H2,1H3,(H,13,14,17). The molecular weight excluding hydrogens is 266 g/mol. The summed E-state index contributed by atoms with van der Waals surface area (Å²) in [5.74, 6) is 4.63. The number of hydrazine groups is 1. The number of benzene rings is 1. The molecule has 104 valence electrons. The fraction of sp³-hybridized carbons (Fsp3) is 0.0909. The van der Waals surface area contributed by atoms with Gasteiger partial charge in [-0.1, -0.05) is 6.07 Å². The van der Waals surface area contributed by atoms with Crippen molar-refractivity contribution in [2.45, 2.75) is 6.92 Å². The lowest BCUT2D eigenvalue weighted by molar-refractivity contribution is -0.384. The predicted molar refractivity (Wildman–Crippen MR) is 70.1 cm³/mol. The van der Waals surface area contributed by atoms with Gasteiger partial charge in [0.05, 0.1) is 16.2 Å². The van der Waals surface area contributed by atoms with Gasteiger partial charge in [0.15, 0.2) is 0 Å². The van der Waals surface area contributed by atoms with Crippen LogP contribution in [0.1, 0.15) is 16.1 Å². The van der Waals surface area contributed by atoms with Crippen molar-refractivity contribution in [1.29, 1.82) is 0 Å². The van der Waals surface area contributed by atoms with E-state index in [2.05, 4.69) is 15.7 Å². The molecule has 0 bridgehead atoms. The summed E-state index contributed by atoms with van der Waals surface area (Å²) in [6.45, 7) is 1.69. The van der Waals surface area contributed by atoms with Gasteiger partial charge in [-0.3, -0.25) is 26.1 Å². The minimum Gasteiger partial charge on any atom is -0.432 e. The van der Waals surface area contributed by atoms with Gasteiger partial charge in [0.2, 0.25) is 0 Å². The van der Waals surface area contributed by atoms with E-state index >= 15 is 0 Å². The Bertz CT molecular complexity index is 667. The van der Waals surface area contributed by atoms with Crippen LogP contribution >= 0.6 is 0 Å². The first-order chi connectivity index (χ1) is 9.52. The maximum absolute atomic E-state index is 12.0. The summed E-state index contributed by atoms with van der Waals surface area (Å²) in [4.78, 5) is 26.2. The van der Waals surface area contributed by atoms with Crippen LogP contribution in [0.2, 0.25) is 0 Å². The van der Waals surface area contributed by atoms with E-state index in [0.717, 1.165) is 0 Å². The van der Waals surface area contributed by atoms with Crippen molar-refractivity contribution in [2.75, 3.05) is 10.7 Å². The third-order valence-electron chi connectivity index (χ3n) is 2.47. The second kappa shape index (κ2) is 5.36. The van der Waals surface area contributed by atoms with Crippen LogP contribution in [0, 0.1) is 17.0 Å². The molecule has 0 spiro atoms. The molecule has 0 saturated heterocycles. The average Bonchev–Trinajstić information content (AvgIpc) is 2.82. The van der Waals surface area contributed by atoms with Gasteiger partial charge in [-0.15, -0.1) is 0 Å². The molecule has 0 fully saturated rings. The number of carbonyl (C=O) groups is 1. The molecule has 2 aromatic rings. The summed E-state index contributed by atoms with van der Waals surface area (Å²) >= 11 is 0. The van der Waals surface area contributed by atoms with E-state index in [1.807, 2.05) is 0 Å². The molecule has 1 aromatic carbocycles. The van der Waals surface area contributed by atoms with Crippen molar-refractivity contribution >= 4 is 23.3 Å². The number of nitro groups is 1. The summed E-state index contributed by atoms with van der Waals surface area (Å²) in [7, 11) is 0. The molecular formula is C11H11N5O4. The molecule has 0 aliphatic heterocycles. The largest absolute Gasteiger partial charge is 0.432 e. The van der Waals surface area contributed by atoms with E-state index in [-0.39, 0.29) is 23.0 Å². The summed E-state index contributed by atoms with van der Waals surface area (Å²) in [6.07, 6.45) is 1.37. The Morgan fingerprint density at radius 1 is 1.50 bits per heavy atom. The number of hydrogen-bond donors (Lipinski definition) is 3. The number of rotatable bonds is 4. The first-order valence-electron chi connectivity index (χ1n) is 5.50. The normalized spacial score (nSPS) is 10.1. The molecule has 1 heterocycles. The van der Waals surface area contributed by atoms with Crippen LogP contribution in [0.15, 0.2) is 28.9 Å². The number of anilines is 2. The lowest BCUT2D eigenvalue weighted by Crippen LogP contribution is -2.18. The van der Waals surface area contributed by atoms with Crippen molar-refractivity contribution in [3.8, 4) is 0 Å². The van der Waals surface area contributed by atoms with Gasteiger partial charge >= 0.3 is 6.01 Å². The van der Waals surface area contributed by atoms with Crippen LogP contribution in [-0.4, -0.2) is 15.8 Å². The molecule has 0 aliphatic rings. The first kappa shape index (κ1) is 13.5. The quantitative estimate of drug-likeness (QED) is 0.436. The highest BCUT2D eigenvalue weighted by Crippen LogP contribution is 2.27. The van der Waals surface area contributed by atoms with Crippen molar-refractivity contribution in [3.05, 3.63) is 45.8 Å². The van der Waals surface area contributed by atoms with E-state index < -0.39 is 10.8 Å². The minimum absolute atomic E-state index is 0.00183. The molecule has 9 heteroatoms. The highest BCUT2D eigenvalue weighted by atomic mass is 16.6. The molecule has 20 heavy (non-hydrogen) atoms. The molecule has 4 N–H and O–H groups in total. The summed E-state index contributed by atoms with van der Waals surface area (Å²) in [6, 6.07) is 4.02. The van der Waals surface area contributed by atoms with Crippen LogP contribution < -0.4 is 16.6 Å². The van der Waals surface area contributed by atoms with Gasteiger partial charge in [0.1, 0.15) is 12.0 Å². The van der Waals surface area contributed by atoms with Crippen LogP contribution in [0.5, 0.6) is 0 Å². The highest BCUT2D eigenvalue weighted by Gasteiger charge is 2.21. The number of nitro benzene ring substituents is 1. The molecule has 1 aromatic heterocycles. The zero-order valence-corrected chi connectivity index (χ0v) is 10.4. The van der Waals surface area contributed by atoms with Crippen LogP contribution in [0.3, 0.4) is 0 Å². The number of aromatic nitrogens is 1. The second-order valence-corrected chi connectivity index (χ2v) is 3.85. The molecule has 0 aliphatic carbocycles. The van der Waals surface area contributed by atoms with Crippen molar-refractivity contribution < 1.29 is 14.1 Å². The van der Waals surface area contributed by atoms with Gasteiger partial charge in [0, 0.05) is 6.07 Å². The maximum atomic E-state index is 12.0. The van der Waals surface area contributed by atoms with Gasteiger partial charge in [-0.2, -0.15) is 4.98 Å². The monoisotopic (exact) mass is 277 g/mol. The third-order valence-corrected chi connectivity index (χ3v) is 2.47. The Hall–Kier alpha value is -2.94. The molecule has 0 atom stereocenters. The molecule has 0 unspecified atom stereocenters. The number of hydrogen-bond acceptors (Lipinski definition) is 7. The highest BCUT2D eigenvalue weighted by molar-refractivity contribution is 6.08. The zero-order chi connectivity index (χ0) is 14.7. The van der Waals surface area contributed by atoms with E-state index in [0.29, 0.717) is 5.69 Å². The smallest absolute Gasteiger partial charge is 0.301 e. The summed E-state index contributed by atoms with van der Waals surface area (Å²) < 4.78 is 4.98. The topological polar surface area (TPSA) is 136 Å². The van der Waals surface area contributed by atoms with E-state index in [4.69, 9.17) is 10.3 Å². The van der Waals surface area contributed by atoms with Gasteiger partial charge in [-0.25, -0.2) is 0 Å². The number of nitrogen functional groups attached to an aromatic ring is 1. The van der Waals surface area contributed by atoms with E-state index in [1.54, 1.807) is 6.92 Å². The molecule has 1 amide bonds. The number of para-hydroxylation sites is 1. The zero-order valence-electron chi connectivity index (χ0n) is 10.4. The molecule has 9 nitrogen and oxygen atoms in total. The van der Waals surface area contributed by atoms with Crippen molar-refractivity contribution in [3.63, 3.8) is 0 Å². The minimum atomic E-state index is -0.638. The number of oxazole rings is 1. The number of nitrogens with one attached hydrogen (secondary N) is 2. The fourth-order valence-electron chi connectivity index (χ4n) is 1.61. The van der Waals surface area contributed by atoms with Crippen molar-refractivity contribution in [1.82, 2.24) is 4.98 Å². The Kier molecular flexibility index (Phi) is 3.62. The number of carbonyl (C=O) groups excluding carboxylic acids is 1. The van der Waals surface area contributed by atoms with Crippen LogP contribution in [-0.2, 0) is 0 Å². The number of amides is 1. The first-order valence-corrected chi connectivity index (χ1v) is 5.50. The summed E-state index contributed by atoms with van der Waals surface area (Å²) in [5.41, 5.74) is 2.38. The predicted octanol–water partition coefficient (Wildman–Crippen LogP) is 1.43. The SMILES string of the molecule is Cc1coc(NC(=O)c2cccc([N+](=O)[O-])c2NN)n1. The van der Waals surface area contributed by atoms with Crippen molar-refractivity contribution in [2.24, 2.45) is 5.84 Å². The average molecular weight is 277 g/mol. The van der Waals surface area contributed by atoms with Gasteiger partial charge < -0.3 is 9.84 Å². The maximum Gasteiger partial charge on any atom is 0.301 e. The summed E-state index contributed by atoms with van der Waals surface area (Å²) in [5, 5.41) is 13.2. The van der Waals surface area contributed by atoms with Crippen LogP contribution in [0.4, 0.5) is 17.4 Å². The Morgan fingerprint density at radius 2 is 2.25 bits per heavy atom. The molecule has 0 saturated carbocycles. The Balaban J connectivity index is 2.34.